The van der Waals surface area contributed by atoms with E-state index in [-0.39, 0.29) is 49.6 Å². The second-order valence-corrected chi connectivity index (χ2v) is 8.16. The van der Waals surface area contributed by atoms with Crippen molar-refractivity contribution >= 4 is 5.91 Å². The van der Waals surface area contributed by atoms with Crippen molar-refractivity contribution < 1.29 is 31.5 Å². The molecule has 1 aromatic carbocycles. The Bertz CT molecular complexity index is 1020. The average Bonchev–Trinajstić information content (AvgIpc) is 3.30. The first-order valence-electron chi connectivity index (χ1n) is 10.1. The van der Waals surface area contributed by atoms with Crippen molar-refractivity contribution in [1.82, 2.24) is 19.7 Å². The molecular formula is C20H22F5N5O2. The summed E-state index contributed by atoms with van der Waals surface area (Å²) in [5, 5.41) is 6.77. The van der Waals surface area contributed by atoms with E-state index < -0.39 is 29.7 Å². The van der Waals surface area contributed by atoms with Crippen molar-refractivity contribution in [2.45, 2.75) is 50.0 Å². The Morgan fingerprint density at radius 3 is 2.56 bits per heavy atom. The number of nitrogens with zero attached hydrogens (tertiary/aromatic N) is 4. The van der Waals surface area contributed by atoms with Crippen LogP contribution < -0.4 is 5.73 Å². The summed E-state index contributed by atoms with van der Waals surface area (Å²) in [4.78, 5) is 14.2. The summed E-state index contributed by atoms with van der Waals surface area (Å²) < 4.78 is 72.8. The molecule has 1 aliphatic carbocycles. The highest BCUT2D eigenvalue weighted by Crippen LogP contribution is 2.44. The molecule has 2 aliphatic rings. The number of ether oxygens (including phenoxy) is 1. The largest absolute Gasteiger partial charge is 0.451 e. The van der Waals surface area contributed by atoms with Crippen LogP contribution in [0.4, 0.5) is 22.0 Å². The first-order chi connectivity index (χ1) is 15.1. The number of halogens is 5. The molecule has 12 heteroatoms. The van der Waals surface area contributed by atoms with Gasteiger partial charge in [0, 0.05) is 44.5 Å². The topological polar surface area (TPSA) is 86.3 Å². The Kier molecular flexibility index (Phi) is 5.93. The molecule has 1 amide bonds. The lowest BCUT2D eigenvalue weighted by Gasteiger charge is -2.30. The Morgan fingerprint density at radius 1 is 1.22 bits per heavy atom. The fourth-order valence-corrected chi connectivity index (χ4v) is 4.63. The summed E-state index contributed by atoms with van der Waals surface area (Å²) in [6.45, 7) is 0.179. The minimum atomic E-state index is -4.62. The minimum absolute atomic E-state index is 0.0504. The lowest BCUT2D eigenvalue weighted by atomic mass is 9.90. The fraction of sp³-hybridized carbons (Fsp3) is 0.550. The van der Waals surface area contributed by atoms with Crippen molar-refractivity contribution in [1.29, 1.82) is 0 Å². The number of aromatic nitrogens is 3. The number of hydrogen-bond donors (Lipinski definition) is 1. The third-order valence-corrected chi connectivity index (χ3v) is 6.16. The van der Waals surface area contributed by atoms with Gasteiger partial charge in [-0.05, 0) is 29.7 Å². The number of alkyl halides is 3. The zero-order chi connectivity index (χ0) is 23.2. The maximum atomic E-state index is 13.9. The number of amides is 1. The zero-order valence-corrected chi connectivity index (χ0v) is 17.2. The third kappa shape index (κ3) is 4.08. The molecule has 2 aromatic rings. The van der Waals surface area contributed by atoms with Crippen molar-refractivity contribution in [3.63, 3.8) is 0 Å². The minimum Gasteiger partial charge on any atom is -0.384 e. The average molecular weight is 459 g/mol. The number of hydrogen-bond acceptors (Lipinski definition) is 5. The van der Waals surface area contributed by atoms with Gasteiger partial charge in [-0.25, -0.2) is 8.78 Å². The first kappa shape index (κ1) is 22.6. The van der Waals surface area contributed by atoms with E-state index in [0.717, 1.165) is 16.7 Å². The van der Waals surface area contributed by atoms with Crippen molar-refractivity contribution in [2.75, 3.05) is 20.3 Å². The lowest BCUT2D eigenvalue weighted by Crippen LogP contribution is -2.42. The Hall–Kier alpha value is -2.60. The van der Waals surface area contributed by atoms with E-state index in [4.69, 9.17) is 10.5 Å². The molecule has 7 nitrogen and oxygen atoms in total. The predicted octanol–water partition coefficient (Wildman–Crippen LogP) is 2.55. The number of nitrogens with two attached hydrogens (primary N) is 1. The van der Waals surface area contributed by atoms with Crippen LogP contribution in [-0.2, 0) is 28.8 Å². The van der Waals surface area contributed by atoms with Gasteiger partial charge >= 0.3 is 6.18 Å². The number of carbonyl (C=O) groups is 1. The smallest absolute Gasteiger partial charge is 0.384 e. The number of benzene rings is 1. The van der Waals surface area contributed by atoms with E-state index in [1.165, 1.54) is 12.0 Å². The number of methoxy groups -OCH3 is 1. The molecule has 1 aliphatic heterocycles. The maximum Gasteiger partial charge on any atom is 0.451 e. The molecule has 4 rings (SSSR count). The van der Waals surface area contributed by atoms with Gasteiger partial charge in [0.25, 0.3) is 0 Å². The summed E-state index contributed by atoms with van der Waals surface area (Å²) >= 11 is 0. The Morgan fingerprint density at radius 2 is 1.91 bits per heavy atom. The monoisotopic (exact) mass is 459 g/mol. The van der Waals surface area contributed by atoms with Gasteiger partial charge in [-0.15, -0.1) is 10.2 Å². The molecule has 32 heavy (non-hydrogen) atoms. The second-order valence-electron chi connectivity index (χ2n) is 8.16. The second kappa shape index (κ2) is 8.39. The summed E-state index contributed by atoms with van der Waals surface area (Å²) in [5.41, 5.74) is 7.49. The molecule has 0 saturated carbocycles. The molecule has 0 spiro atoms. The van der Waals surface area contributed by atoms with Crippen LogP contribution in [0.25, 0.3) is 0 Å². The highest BCUT2D eigenvalue weighted by atomic mass is 19.4. The highest BCUT2D eigenvalue weighted by Gasteiger charge is 2.41. The molecule has 3 atom stereocenters. The van der Waals surface area contributed by atoms with Crippen LogP contribution >= 0.6 is 0 Å². The summed E-state index contributed by atoms with van der Waals surface area (Å²) in [7, 11) is 1.51. The van der Waals surface area contributed by atoms with Crippen LogP contribution in [0.15, 0.2) is 12.1 Å². The van der Waals surface area contributed by atoms with Crippen molar-refractivity contribution in [3.05, 3.63) is 46.5 Å². The number of fused-ring (bicyclic) bond motifs is 2. The lowest BCUT2D eigenvalue weighted by molar-refractivity contribution is -0.148. The summed E-state index contributed by atoms with van der Waals surface area (Å²) in [5.74, 6) is -3.88. The third-order valence-electron chi connectivity index (χ3n) is 6.16. The van der Waals surface area contributed by atoms with E-state index in [2.05, 4.69) is 10.2 Å². The molecular weight excluding hydrogens is 437 g/mol. The van der Waals surface area contributed by atoms with Crippen LogP contribution in [0.2, 0.25) is 0 Å². The van der Waals surface area contributed by atoms with Gasteiger partial charge in [0.15, 0.2) is 17.5 Å². The number of carbonyl (C=O) groups excluding carboxylic acids is 1. The molecule has 2 heterocycles. The van der Waals surface area contributed by atoms with Crippen LogP contribution in [0.5, 0.6) is 0 Å². The van der Waals surface area contributed by atoms with Gasteiger partial charge < -0.3 is 19.9 Å². The highest BCUT2D eigenvalue weighted by molar-refractivity contribution is 5.77. The van der Waals surface area contributed by atoms with Gasteiger partial charge in [-0.1, -0.05) is 0 Å². The van der Waals surface area contributed by atoms with Crippen molar-refractivity contribution in [2.24, 2.45) is 5.73 Å². The van der Waals surface area contributed by atoms with Gasteiger partial charge in [-0.3, -0.25) is 4.79 Å². The van der Waals surface area contributed by atoms with Gasteiger partial charge in [0.1, 0.15) is 0 Å². The maximum absolute atomic E-state index is 13.9. The molecule has 1 aromatic heterocycles. The van der Waals surface area contributed by atoms with Crippen LogP contribution in [-0.4, -0.2) is 51.9 Å². The standard InChI is InChI=1S/C20H22F5N5O2/c1-32-9-10-4-13(12-6-15(22)14(21)5-11(10)12)16(26)7-18(31)29-2-3-30-17(8-29)27-28-19(30)20(23,24)25/h5-6,10,13,16H,2-4,7-9,26H2,1H3. The van der Waals surface area contributed by atoms with E-state index in [1.54, 1.807) is 0 Å². The van der Waals surface area contributed by atoms with E-state index >= 15 is 0 Å². The first-order valence-corrected chi connectivity index (χ1v) is 10.1. The summed E-state index contributed by atoms with van der Waals surface area (Å²) in [6.07, 6.45) is -4.24. The molecule has 0 fully saturated rings. The van der Waals surface area contributed by atoms with Crippen molar-refractivity contribution in [3.8, 4) is 0 Å². The van der Waals surface area contributed by atoms with Gasteiger partial charge in [0.05, 0.1) is 13.2 Å². The quantitative estimate of drug-likeness (QED) is 0.695. The summed E-state index contributed by atoms with van der Waals surface area (Å²) in [6, 6.07) is 1.59. The van der Waals surface area contributed by atoms with E-state index in [1.807, 2.05) is 0 Å². The number of rotatable bonds is 5. The van der Waals surface area contributed by atoms with E-state index in [9.17, 15) is 26.7 Å². The van der Waals surface area contributed by atoms with E-state index in [0.29, 0.717) is 24.2 Å². The van der Waals surface area contributed by atoms with Crippen LogP contribution in [0, 0.1) is 11.6 Å². The SMILES string of the molecule is COCC1CC(C(N)CC(=O)N2CCn3c(nnc3C(F)(F)F)C2)c2cc(F)c(F)cc21. The fourth-order valence-electron chi connectivity index (χ4n) is 4.63. The molecule has 174 valence electrons. The Labute approximate surface area is 180 Å². The zero-order valence-electron chi connectivity index (χ0n) is 17.2. The van der Waals surface area contributed by atoms with Crippen LogP contribution in [0.1, 0.15) is 47.5 Å². The molecule has 3 unspecified atom stereocenters. The molecule has 0 radical (unpaired) electrons. The van der Waals surface area contributed by atoms with Gasteiger partial charge in [-0.2, -0.15) is 13.2 Å². The molecule has 2 N–H and O–H groups in total. The predicted molar refractivity (Wildman–Crippen MR) is 101 cm³/mol. The molecule has 0 bridgehead atoms. The molecule has 0 saturated heterocycles. The Balaban J connectivity index is 1.47. The van der Waals surface area contributed by atoms with Gasteiger partial charge in [0.2, 0.25) is 11.7 Å². The van der Waals surface area contributed by atoms with Crippen LogP contribution in [0.3, 0.4) is 0 Å². The normalized spacial score (nSPS) is 21.4.